The second-order valence-electron chi connectivity index (χ2n) is 3.46. The number of halogens is 2. The van der Waals surface area contributed by atoms with Crippen LogP contribution in [0.25, 0.3) is 0 Å². The van der Waals surface area contributed by atoms with Gasteiger partial charge in [-0.05, 0) is 6.42 Å². The maximum Gasteiger partial charge on any atom is 0.145 e. The van der Waals surface area contributed by atoms with Crippen molar-refractivity contribution in [2.45, 2.75) is 33.2 Å². The third-order valence-electron chi connectivity index (χ3n) is 2.50. The van der Waals surface area contributed by atoms with Gasteiger partial charge in [-0.15, -0.1) is 46.2 Å². The summed E-state index contributed by atoms with van der Waals surface area (Å²) in [4.78, 5) is 0. The molecule has 4 atom stereocenters. The van der Waals surface area contributed by atoms with E-state index in [1.165, 1.54) is 14.8 Å². The van der Waals surface area contributed by atoms with Crippen LogP contribution in [0, 0.1) is 3.14 Å². The summed E-state index contributed by atoms with van der Waals surface area (Å²) in [5, 5.41) is 1.64. The second kappa shape index (κ2) is 4.84. The average Bonchev–Trinajstić information content (AvgIpc) is 2.65. The van der Waals surface area contributed by atoms with Crippen molar-refractivity contribution in [1.82, 2.24) is 0 Å². The number of fused-ring (bicyclic) bond motifs is 2. The van der Waals surface area contributed by atoms with Crippen molar-refractivity contribution in [1.29, 1.82) is 0 Å². The van der Waals surface area contributed by atoms with Crippen molar-refractivity contribution in [3.63, 3.8) is 0 Å². The van der Waals surface area contributed by atoms with Gasteiger partial charge in [-0.25, -0.2) is 0 Å². The van der Waals surface area contributed by atoms with E-state index in [-0.39, 0.29) is 0 Å². The van der Waals surface area contributed by atoms with Gasteiger partial charge in [-0.1, -0.05) is 57.4 Å². The number of hydrogen-bond acceptors (Lipinski definition) is 5. The van der Waals surface area contributed by atoms with Crippen LogP contribution < -0.4 is 0 Å². The third kappa shape index (κ3) is 2.32. The van der Waals surface area contributed by atoms with Crippen molar-refractivity contribution in [3.05, 3.63) is 3.14 Å². The minimum atomic E-state index is 0.810. The Balaban J connectivity index is 1.95. The number of thioether (sulfide) groups is 2. The molecule has 82 valence electrons. The summed E-state index contributed by atoms with van der Waals surface area (Å²) in [5.74, 6) is 0. The summed E-state index contributed by atoms with van der Waals surface area (Å²) < 4.78 is 5.74. The molecule has 1 aromatic rings. The fourth-order valence-electron chi connectivity index (χ4n) is 1.81. The Hall–Kier alpha value is 2.43. The molecule has 2 aliphatic rings. The summed E-state index contributed by atoms with van der Waals surface area (Å²) >= 11 is 18.3. The maximum atomic E-state index is 5.27. The lowest BCUT2D eigenvalue weighted by Crippen LogP contribution is -2.23. The van der Waals surface area contributed by atoms with Crippen LogP contribution in [0.15, 0.2) is 8.42 Å². The topological polar surface area (TPSA) is 0 Å². The van der Waals surface area contributed by atoms with Gasteiger partial charge in [0.05, 0.1) is 8.42 Å². The van der Waals surface area contributed by atoms with Crippen LogP contribution in [-0.2, 0) is 0 Å². The SMILES string of the molecule is S=c1sc2c(s1)S[C@H]1C[C@@H](I)[C@H](I)[C@@H]1S2. The van der Waals surface area contributed by atoms with Crippen molar-refractivity contribution in [3.8, 4) is 0 Å². The molecule has 0 aromatic carbocycles. The first-order valence-electron chi connectivity index (χ1n) is 4.40. The molecule has 1 aliphatic carbocycles. The molecule has 0 saturated heterocycles. The quantitative estimate of drug-likeness (QED) is 0.255. The van der Waals surface area contributed by atoms with Crippen LogP contribution in [0.4, 0.5) is 0 Å². The van der Waals surface area contributed by atoms with Gasteiger partial charge >= 0.3 is 0 Å². The first-order valence-corrected chi connectivity index (χ1v) is 10.7. The van der Waals surface area contributed by atoms with Crippen molar-refractivity contribution < 1.29 is 0 Å². The normalized spacial score (nSPS) is 38.8. The van der Waals surface area contributed by atoms with Gasteiger partial charge in [0.2, 0.25) is 0 Å². The van der Waals surface area contributed by atoms with Crippen molar-refractivity contribution in [2.24, 2.45) is 0 Å². The highest BCUT2D eigenvalue weighted by Gasteiger charge is 2.45. The second-order valence-corrected chi connectivity index (χ2v) is 12.7. The van der Waals surface area contributed by atoms with Gasteiger partial charge in [0.25, 0.3) is 0 Å². The summed E-state index contributed by atoms with van der Waals surface area (Å²) in [7, 11) is 0. The highest BCUT2D eigenvalue weighted by Crippen LogP contribution is 2.57. The molecular weight excluding hydrogens is 510 g/mol. The predicted octanol–water partition coefficient (Wildman–Crippen LogP) is 5.48. The zero-order chi connectivity index (χ0) is 10.6. The molecule has 0 unspecified atom stereocenters. The summed E-state index contributed by atoms with van der Waals surface area (Å²) in [6.07, 6.45) is 1.37. The van der Waals surface area contributed by atoms with E-state index < -0.39 is 0 Å². The number of rotatable bonds is 0. The van der Waals surface area contributed by atoms with Crippen LogP contribution >= 0.6 is 104 Å². The molecule has 15 heavy (non-hydrogen) atoms. The van der Waals surface area contributed by atoms with E-state index in [4.69, 9.17) is 12.2 Å². The van der Waals surface area contributed by atoms with Gasteiger partial charge in [0.15, 0.2) is 0 Å². The molecule has 0 nitrogen and oxygen atoms in total. The van der Waals surface area contributed by atoms with Crippen molar-refractivity contribution in [2.75, 3.05) is 0 Å². The van der Waals surface area contributed by atoms with Gasteiger partial charge < -0.3 is 0 Å². The van der Waals surface area contributed by atoms with E-state index in [0.717, 1.165) is 21.5 Å². The molecule has 1 aliphatic heterocycles. The largest absolute Gasteiger partial charge is 0.145 e. The Labute approximate surface area is 138 Å². The molecule has 0 spiro atoms. The lowest BCUT2D eigenvalue weighted by Gasteiger charge is -2.25. The molecule has 2 heterocycles. The smallest absolute Gasteiger partial charge is 0.109 e. The van der Waals surface area contributed by atoms with E-state index in [1.54, 1.807) is 0 Å². The number of hydrogen-bond donors (Lipinski definition) is 0. The molecule has 0 radical (unpaired) electrons. The lowest BCUT2D eigenvalue weighted by molar-refractivity contribution is 0.926. The van der Waals surface area contributed by atoms with E-state index in [2.05, 4.69) is 68.7 Å². The minimum absolute atomic E-state index is 0.810. The first kappa shape index (κ1) is 12.5. The zero-order valence-corrected chi connectivity index (χ0v) is 15.7. The molecule has 3 rings (SSSR count). The molecule has 0 bridgehead atoms. The van der Waals surface area contributed by atoms with Crippen LogP contribution in [-0.4, -0.2) is 18.3 Å². The van der Waals surface area contributed by atoms with Gasteiger partial charge in [0, 0.05) is 18.3 Å². The van der Waals surface area contributed by atoms with Crippen LogP contribution in [0.2, 0.25) is 0 Å². The van der Waals surface area contributed by atoms with E-state index in [1.807, 2.05) is 22.7 Å². The molecular formula is C8H6I2S5. The Bertz CT molecular complexity index is 438. The predicted molar refractivity (Wildman–Crippen MR) is 92.6 cm³/mol. The van der Waals surface area contributed by atoms with Crippen LogP contribution in [0.5, 0.6) is 0 Å². The third-order valence-corrected chi connectivity index (χ3v) is 13.7. The fourth-order valence-corrected chi connectivity index (χ4v) is 12.1. The lowest BCUT2D eigenvalue weighted by atomic mass is 10.4. The van der Waals surface area contributed by atoms with E-state index in [9.17, 15) is 0 Å². The van der Waals surface area contributed by atoms with Gasteiger partial charge in [-0.3, -0.25) is 0 Å². The molecule has 1 fully saturated rings. The van der Waals surface area contributed by atoms with Crippen LogP contribution in [0.1, 0.15) is 6.42 Å². The highest BCUT2D eigenvalue weighted by molar-refractivity contribution is 14.1. The maximum absolute atomic E-state index is 5.27. The molecule has 7 heteroatoms. The van der Waals surface area contributed by atoms with Crippen LogP contribution in [0.3, 0.4) is 0 Å². The highest BCUT2D eigenvalue weighted by atomic mass is 127. The number of alkyl halides is 2. The van der Waals surface area contributed by atoms with Gasteiger partial charge in [-0.2, -0.15) is 0 Å². The fraction of sp³-hybridized carbons (Fsp3) is 0.625. The average molecular weight is 516 g/mol. The van der Waals surface area contributed by atoms with Crippen molar-refractivity contribution >= 4 is 104 Å². The molecule has 1 saturated carbocycles. The summed E-state index contributed by atoms with van der Waals surface area (Å²) in [6, 6.07) is 0. The Morgan fingerprint density at radius 1 is 1.13 bits per heavy atom. The van der Waals surface area contributed by atoms with E-state index in [0.29, 0.717) is 0 Å². The Morgan fingerprint density at radius 2 is 1.80 bits per heavy atom. The molecule has 1 aromatic heterocycles. The Morgan fingerprint density at radius 3 is 2.53 bits per heavy atom. The molecule has 0 N–H and O–H groups in total. The standard InChI is InChI=1S/C8H6I2S5/c9-2-1-3-5(4(2)10)13-7-6(12-3)14-8(11)15-7/h2-5H,1H2/t2-,3+,4+,5-/m1/s1. The van der Waals surface area contributed by atoms with Gasteiger partial charge in [0.1, 0.15) is 3.14 Å². The zero-order valence-electron chi connectivity index (χ0n) is 7.31. The molecule has 0 amide bonds. The minimum Gasteiger partial charge on any atom is -0.109 e. The monoisotopic (exact) mass is 516 g/mol. The van der Waals surface area contributed by atoms with E-state index >= 15 is 0 Å². The summed E-state index contributed by atoms with van der Waals surface area (Å²) in [6.45, 7) is 0. The summed E-state index contributed by atoms with van der Waals surface area (Å²) in [5.41, 5.74) is 0. The Kier molecular flexibility index (Phi) is 4.02. The first-order chi connectivity index (χ1) is 7.15.